The molecule has 20 heavy (non-hydrogen) atoms. The van der Waals surface area contributed by atoms with Crippen molar-refractivity contribution < 1.29 is 9.47 Å². The monoisotopic (exact) mass is 292 g/mol. The molecule has 0 amide bonds. The molecule has 0 spiro atoms. The number of pyridine rings is 1. The van der Waals surface area contributed by atoms with Crippen molar-refractivity contribution in [2.75, 3.05) is 12.3 Å². The highest BCUT2D eigenvalue weighted by Gasteiger charge is 2.10. The quantitative estimate of drug-likeness (QED) is 0.920. The summed E-state index contributed by atoms with van der Waals surface area (Å²) in [6.45, 7) is 6.26. The lowest BCUT2D eigenvalue weighted by atomic mass is 10.1. The number of aryl methyl sites for hydroxylation is 2. The Morgan fingerprint density at radius 1 is 1.20 bits per heavy atom. The van der Waals surface area contributed by atoms with Crippen LogP contribution in [0.3, 0.4) is 0 Å². The van der Waals surface area contributed by atoms with Crippen LogP contribution in [-0.2, 0) is 0 Å². The van der Waals surface area contributed by atoms with E-state index in [1.54, 1.807) is 12.1 Å². The Bertz CT molecular complexity index is 606. The molecule has 2 N–H and O–H groups in total. The molecule has 1 aromatic carbocycles. The van der Waals surface area contributed by atoms with Gasteiger partial charge in [0.2, 0.25) is 11.8 Å². The van der Waals surface area contributed by atoms with Crippen LogP contribution >= 0.6 is 11.6 Å². The zero-order valence-electron chi connectivity index (χ0n) is 11.7. The lowest BCUT2D eigenvalue weighted by molar-refractivity contribution is 0.322. The summed E-state index contributed by atoms with van der Waals surface area (Å²) in [6.07, 6.45) is 0. The molecule has 0 aliphatic rings. The van der Waals surface area contributed by atoms with Crippen LogP contribution in [0.25, 0.3) is 0 Å². The minimum Gasteiger partial charge on any atom is -0.476 e. The second kappa shape index (κ2) is 6.01. The second-order valence-electron chi connectivity index (χ2n) is 4.45. The Morgan fingerprint density at radius 3 is 2.45 bits per heavy atom. The summed E-state index contributed by atoms with van der Waals surface area (Å²) in [5.41, 5.74) is 8.18. The first kappa shape index (κ1) is 14.5. The third-order valence-electron chi connectivity index (χ3n) is 2.78. The smallest absolute Gasteiger partial charge is 0.240 e. The fraction of sp³-hybridized carbons (Fsp3) is 0.267. The standard InChI is InChI=1S/C15H17ClN2O2/c1-4-19-15-12(17)5-6-13(18-15)20-14-9(2)7-11(16)8-10(14)3/h5-8H,4,17H2,1-3H3. The third kappa shape index (κ3) is 3.14. The van der Waals surface area contributed by atoms with E-state index in [4.69, 9.17) is 26.8 Å². The van der Waals surface area contributed by atoms with Crippen molar-refractivity contribution in [3.63, 3.8) is 0 Å². The van der Waals surface area contributed by atoms with Gasteiger partial charge in [0.25, 0.3) is 0 Å². The van der Waals surface area contributed by atoms with Gasteiger partial charge in [-0.25, -0.2) is 0 Å². The van der Waals surface area contributed by atoms with Crippen molar-refractivity contribution >= 4 is 17.3 Å². The average Bonchev–Trinajstić information content (AvgIpc) is 2.37. The van der Waals surface area contributed by atoms with Crippen molar-refractivity contribution in [3.05, 3.63) is 40.4 Å². The zero-order chi connectivity index (χ0) is 14.7. The summed E-state index contributed by atoms with van der Waals surface area (Å²) < 4.78 is 11.2. The van der Waals surface area contributed by atoms with E-state index in [2.05, 4.69) is 4.98 Å². The fourth-order valence-corrected chi connectivity index (χ4v) is 2.23. The van der Waals surface area contributed by atoms with Crippen LogP contribution in [0.1, 0.15) is 18.1 Å². The van der Waals surface area contributed by atoms with Gasteiger partial charge in [0.1, 0.15) is 5.75 Å². The summed E-state index contributed by atoms with van der Waals surface area (Å²) in [5, 5.41) is 0.688. The van der Waals surface area contributed by atoms with Gasteiger partial charge in [0.15, 0.2) is 0 Å². The Kier molecular flexibility index (Phi) is 4.35. The van der Waals surface area contributed by atoms with Crippen LogP contribution < -0.4 is 15.2 Å². The molecule has 0 saturated carbocycles. The third-order valence-corrected chi connectivity index (χ3v) is 3.00. The van der Waals surface area contributed by atoms with Crippen LogP contribution in [-0.4, -0.2) is 11.6 Å². The number of hydrogen-bond donors (Lipinski definition) is 1. The lowest BCUT2D eigenvalue weighted by Crippen LogP contribution is -2.01. The predicted octanol–water partition coefficient (Wildman–Crippen LogP) is 4.13. The number of rotatable bonds is 4. The van der Waals surface area contributed by atoms with Crippen molar-refractivity contribution in [2.24, 2.45) is 0 Å². The molecule has 0 saturated heterocycles. The molecule has 0 bridgehead atoms. The van der Waals surface area contributed by atoms with Crippen molar-refractivity contribution in [1.82, 2.24) is 4.98 Å². The fourth-order valence-electron chi connectivity index (χ4n) is 1.91. The second-order valence-corrected chi connectivity index (χ2v) is 4.88. The predicted molar refractivity (Wildman–Crippen MR) is 80.8 cm³/mol. The van der Waals surface area contributed by atoms with Gasteiger partial charge in [0, 0.05) is 11.1 Å². The molecule has 1 aromatic heterocycles. The van der Waals surface area contributed by atoms with Crippen LogP contribution in [0, 0.1) is 13.8 Å². The number of anilines is 1. The summed E-state index contributed by atoms with van der Waals surface area (Å²) in [5.74, 6) is 1.57. The van der Waals surface area contributed by atoms with E-state index < -0.39 is 0 Å². The van der Waals surface area contributed by atoms with E-state index in [9.17, 15) is 0 Å². The lowest BCUT2D eigenvalue weighted by Gasteiger charge is -2.13. The number of aromatic nitrogens is 1. The number of nitrogens with zero attached hydrogens (tertiary/aromatic N) is 1. The number of hydrogen-bond acceptors (Lipinski definition) is 4. The van der Waals surface area contributed by atoms with Gasteiger partial charge in [-0.05, 0) is 50.1 Å². The molecule has 4 nitrogen and oxygen atoms in total. The van der Waals surface area contributed by atoms with Gasteiger partial charge in [0.05, 0.1) is 12.3 Å². The molecule has 0 fully saturated rings. The van der Waals surface area contributed by atoms with Crippen molar-refractivity contribution in [2.45, 2.75) is 20.8 Å². The molecule has 0 aliphatic carbocycles. The molecule has 1 heterocycles. The van der Waals surface area contributed by atoms with Crippen molar-refractivity contribution in [1.29, 1.82) is 0 Å². The normalized spacial score (nSPS) is 10.4. The molecular formula is C15H17ClN2O2. The molecule has 106 valence electrons. The Hall–Kier alpha value is -1.94. The number of halogens is 1. The average molecular weight is 293 g/mol. The Morgan fingerprint density at radius 2 is 1.85 bits per heavy atom. The molecule has 2 rings (SSSR count). The minimum absolute atomic E-state index is 0.384. The van der Waals surface area contributed by atoms with Crippen LogP contribution in [0.2, 0.25) is 5.02 Å². The Balaban J connectivity index is 2.33. The number of nitrogens with two attached hydrogens (primary N) is 1. The van der Waals surface area contributed by atoms with E-state index >= 15 is 0 Å². The highest BCUT2D eigenvalue weighted by atomic mass is 35.5. The molecule has 0 aliphatic heterocycles. The Labute approximate surface area is 123 Å². The zero-order valence-corrected chi connectivity index (χ0v) is 12.5. The van der Waals surface area contributed by atoms with Gasteiger partial charge in [-0.3, -0.25) is 0 Å². The SMILES string of the molecule is CCOc1nc(Oc2c(C)cc(Cl)cc2C)ccc1N. The molecule has 2 aromatic rings. The largest absolute Gasteiger partial charge is 0.476 e. The molecular weight excluding hydrogens is 276 g/mol. The van der Waals surface area contributed by atoms with Crippen LogP contribution in [0.15, 0.2) is 24.3 Å². The van der Waals surface area contributed by atoms with Gasteiger partial charge in [-0.15, -0.1) is 0 Å². The van der Waals surface area contributed by atoms with Gasteiger partial charge in [-0.1, -0.05) is 11.6 Å². The summed E-state index contributed by atoms with van der Waals surface area (Å²) in [4.78, 5) is 4.26. The number of benzene rings is 1. The van der Waals surface area contributed by atoms with E-state index in [0.29, 0.717) is 29.1 Å². The number of nitrogen functional groups attached to an aromatic ring is 1. The van der Waals surface area contributed by atoms with E-state index in [1.807, 2.05) is 32.9 Å². The van der Waals surface area contributed by atoms with E-state index in [0.717, 1.165) is 16.9 Å². The highest BCUT2D eigenvalue weighted by molar-refractivity contribution is 6.30. The molecule has 5 heteroatoms. The highest BCUT2D eigenvalue weighted by Crippen LogP contribution is 2.32. The van der Waals surface area contributed by atoms with E-state index in [1.165, 1.54) is 0 Å². The van der Waals surface area contributed by atoms with E-state index in [-0.39, 0.29) is 0 Å². The minimum atomic E-state index is 0.384. The van der Waals surface area contributed by atoms with Crippen LogP contribution in [0.5, 0.6) is 17.5 Å². The molecule has 0 atom stereocenters. The summed E-state index contributed by atoms with van der Waals surface area (Å²) in [6, 6.07) is 7.13. The first-order valence-corrected chi connectivity index (χ1v) is 6.73. The van der Waals surface area contributed by atoms with Crippen molar-refractivity contribution in [3.8, 4) is 17.5 Å². The maximum atomic E-state index is 6.00. The first-order chi connectivity index (χ1) is 9.51. The van der Waals surface area contributed by atoms with Crippen LogP contribution in [0.4, 0.5) is 5.69 Å². The van der Waals surface area contributed by atoms with Gasteiger partial charge < -0.3 is 15.2 Å². The maximum Gasteiger partial charge on any atom is 0.240 e. The maximum absolute atomic E-state index is 6.00. The summed E-state index contributed by atoms with van der Waals surface area (Å²) >= 11 is 6.00. The molecule has 0 unspecified atom stereocenters. The van der Waals surface area contributed by atoms with Gasteiger partial charge >= 0.3 is 0 Å². The first-order valence-electron chi connectivity index (χ1n) is 6.35. The van der Waals surface area contributed by atoms with Gasteiger partial charge in [-0.2, -0.15) is 4.98 Å². The summed E-state index contributed by atoms with van der Waals surface area (Å²) in [7, 11) is 0. The molecule has 0 radical (unpaired) electrons. The number of ether oxygens (including phenoxy) is 2. The topological polar surface area (TPSA) is 57.4 Å².